The normalized spacial score (nSPS) is 23.9. The molecule has 2 aromatic rings. The molecule has 1 aliphatic heterocycles. The van der Waals surface area contributed by atoms with Gasteiger partial charge in [-0.2, -0.15) is 13.1 Å². The lowest BCUT2D eigenvalue weighted by Gasteiger charge is -2.34. The van der Waals surface area contributed by atoms with Crippen LogP contribution in [0.3, 0.4) is 0 Å². The summed E-state index contributed by atoms with van der Waals surface area (Å²) in [5, 5.41) is 10.7. The number of carbonyl (C=O) groups excluding carboxylic acids is 1. The third kappa shape index (κ3) is 2.83. The highest BCUT2D eigenvalue weighted by Crippen LogP contribution is 2.35. The second-order valence-electron chi connectivity index (χ2n) is 6.31. The molecule has 1 saturated heterocycles. The SMILES string of the molecule is O=C([C@H]1C[C@@H]1[N+](=O)[O-])N1CCN(S(=O)(=O)c2cccc3nsnc23)CC1. The average Bonchev–Trinajstić information content (AvgIpc) is 3.30. The van der Waals surface area contributed by atoms with Gasteiger partial charge in [0.2, 0.25) is 22.0 Å². The summed E-state index contributed by atoms with van der Waals surface area (Å²) >= 11 is 0.956. The lowest BCUT2D eigenvalue weighted by molar-refractivity contribution is -0.497. The van der Waals surface area contributed by atoms with Crippen molar-refractivity contribution in [3.8, 4) is 0 Å². The molecule has 2 fully saturated rings. The van der Waals surface area contributed by atoms with Crippen molar-refractivity contribution < 1.29 is 18.1 Å². The number of nitrogens with zero attached hydrogens (tertiary/aromatic N) is 5. The first kappa shape index (κ1) is 17.2. The number of sulfonamides is 1. The second kappa shape index (κ2) is 6.21. The van der Waals surface area contributed by atoms with Gasteiger partial charge in [0, 0.05) is 37.5 Å². The predicted molar refractivity (Wildman–Crippen MR) is 91.6 cm³/mol. The molecule has 0 radical (unpaired) electrons. The van der Waals surface area contributed by atoms with Crippen molar-refractivity contribution in [2.75, 3.05) is 26.2 Å². The molecule has 12 heteroatoms. The van der Waals surface area contributed by atoms with Crippen LogP contribution >= 0.6 is 11.7 Å². The minimum atomic E-state index is -3.75. The summed E-state index contributed by atoms with van der Waals surface area (Å²) < 4.78 is 35.3. The molecule has 1 aliphatic carbocycles. The summed E-state index contributed by atoms with van der Waals surface area (Å²) in [6.45, 7) is 0.754. The highest BCUT2D eigenvalue weighted by atomic mass is 32.2. The summed E-state index contributed by atoms with van der Waals surface area (Å²) in [4.78, 5) is 24.2. The number of hydrogen-bond donors (Lipinski definition) is 0. The van der Waals surface area contributed by atoms with Gasteiger partial charge < -0.3 is 4.90 Å². The molecule has 2 heterocycles. The van der Waals surface area contributed by atoms with Crippen LogP contribution in [0.1, 0.15) is 6.42 Å². The van der Waals surface area contributed by atoms with Crippen molar-refractivity contribution in [1.82, 2.24) is 18.0 Å². The smallest absolute Gasteiger partial charge is 0.245 e. The number of piperazine rings is 1. The Bertz CT molecular complexity index is 983. The van der Waals surface area contributed by atoms with E-state index < -0.39 is 26.9 Å². The Hall–Kier alpha value is -2.18. The molecule has 1 amide bonds. The van der Waals surface area contributed by atoms with Crippen molar-refractivity contribution in [3.63, 3.8) is 0 Å². The average molecular weight is 397 g/mol. The standard InChI is InChI=1S/C14H15N5O5S2/c20-14(9-8-11(9)19(21)22)17-4-6-18(7-5-17)26(23,24)12-3-1-2-10-13(12)16-25-15-10/h1-3,9,11H,4-8H2/t9-,11-/m0/s1. The van der Waals surface area contributed by atoms with Crippen LogP contribution in [-0.4, -0.2) is 69.4 Å². The molecule has 0 bridgehead atoms. The Morgan fingerprint density at radius 1 is 1.23 bits per heavy atom. The number of amides is 1. The van der Waals surface area contributed by atoms with E-state index in [4.69, 9.17) is 0 Å². The highest BCUT2D eigenvalue weighted by molar-refractivity contribution is 7.89. The minimum absolute atomic E-state index is 0.110. The van der Waals surface area contributed by atoms with Crippen molar-refractivity contribution in [2.24, 2.45) is 5.92 Å². The van der Waals surface area contributed by atoms with Crippen molar-refractivity contribution >= 4 is 38.7 Å². The molecule has 138 valence electrons. The summed E-state index contributed by atoms with van der Waals surface area (Å²) in [6, 6.07) is 4.04. The number of nitro groups is 1. The van der Waals surface area contributed by atoms with Crippen LogP contribution in [0.2, 0.25) is 0 Å². The maximum Gasteiger partial charge on any atom is 0.245 e. The Morgan fingerprint density at radius 2 is 1.96 bits per heavy atom. The number of carbonyl (C=O) groups is 1. The molecular weight excluding hydrogens is 382 g/mol. The van der Waals surface area contributed by atoms with E-state index in [1.54, 1.807) is 12.1 Å². The zero-order chi connectivity index (χ0) is 18.5. The quantitative estimate of drug-likeness (QED) is 0.532. The molecule has 2 aliphatic rings. The van der Waals surface area contributed by atoms with Gasteiger partial charge >= 0.3 is 0 Å². The fourth-order valence-electron chi connectivity index (χ4n) is 3.19. The molecule has 10 nitrogen and oxygen atoms in total. The molecule has 0 spiro atoms. The van der Waals surface area contributed by atoms with Gasteiger partial charge in [-0.05, 0) is 12.1 Å². The van der Waals surface area contributed by atoms with Gasteiger partial charge in [-0.3, -0.25) is 14.9 Å². The molecule has 0 N–H and O–H groups in total. The van der Waals surface area contributed by atoms with Gasteiger partial charge in [0.15, 0.2) is 0 Å². The van der Waals surface area contributed by atoms with Crippen LogP contribution in [0, 0.1) is 16.0 Å². The minimum Gasteiger partial charge on any atom is -0.340 e. The van der Waals surface area contributed by atoms with Gasteiger partial charge in [-0.1, -0.05) is 6.07 Å². The van der Waals surface area contributed by atoms with Crippen molar-refractivity contribution in [1.29, 1.82) is 0 Å². The van der Waals surface area contributed by atoms with Crippen LogP contribution in [-0.2, 0) is 14.8 Å². The Labute approximate surface area is 152 Å². The molecule has 4 rings (SSSR count). The monoisotopic (exact) mass is 397 g/mol. The number of rotatable bonds is 4. The summed E-state index contributed by atoms with van der Waals surface area (Å²) in [6.07, 6.45) is 0.267. The Balaban J connectivity index is 1.47. The van der Waals surface area contributed by atoms with E-state index in [1.165, 1.54) is 15.3 Å². The van der Waals surface area contributed by atoms with Gasteiger partial charge in [0.05, 0.1) is 11.7 Å². The topological polar surface area (TPSA) is 127 Å². The van der Waals surface area contributed by atoms with E-state index in [1.807, 2.05) is 0 Å². The first-order valence-electron chi connectivity index (χ1n) is 8.03. The van der Waals surface area contributed by atoms with E-state index in [2.05, 4.69) is 8.75 Å². The zero-order valence-corrected chi connectivity index (χ0v) is 15.1. The largest absolute Gasteiger partial charge is 0.340 e. The number of benzene rings is 1. The van der Waals surface area contributed by atoms with E-state index in [9.17, 15) is 23.3 Å². The van der Waals surface area contributed by atoms with Crippen LogP contribution in [0.4, 0.5) is 0 Å². The molecule has 0 unspecified atom stereocenters. The summed E-state index contributed by atoms with van der Waals surface area (Å²) in [5.74, 6) is -0.822. The molecule has 1 aromatic carbocycles. The van der Waals surface area contributed by atoms with Crippen LogP contribution in [0.15, 0.2) is 23.1 Å². The Morgan fingerprint density at radius 3 is 2.62 bits per heavy atom. The van der Waals surface area contributed by atoms with Crippen LogP contribution in [0.5, 0.6) is 0 Å². The fraction of sp³-hybridized carbons (Fsp3) is 0.500. The first-order chi connectivity index (χ1) is 12.4. The first-order valence-corrected chi connectivity index (χ1v) is 10.2. The highest BCUT2D eigenvalue weighted by Gasteiger charge is 2.54. The lowest BCUT2D eigenvalue weighted by atomic mass is 10.3. The number of aromatic nitrogens is 2. The third-order valence-electron chi connectivity index (χ3n) is 4.76. The van der Waals surface area contributed by atoms with E-state index in [0.29, 0.717) is 11.0 Å². The van der Waals surface area contributed by atoms with Crippen LogP contribution in [0.25, 0.3) is 11.0 Å². The van der Waals surface area contributed by atoms with Crippen LogP contribution < -0.4 is 0 Å². The molecule has 1 saturated carbocycles. The van der Waals surface area contributed by atoms with Gasteiger partial charge in [-0.15, -0.1) is 0 Å². The van der Waals surface area contributed by atoms with Crippen molar-refractivity contribution in [2.45, 2.75) is 17.4 Å². The number of fused-ring (bicyclic) bond motifs is 1. The van der Waals surface area contributed by atoms with Gasteiger partial charge in [-0.25, -0.2) is 8.42 Å². The van der Waals surface area contributed by atoms with E-state index in [-0.39, 0.29) is 43.4 Å². The second-order valence-corrected chi connectivity index (χ2v) is 8.75. The number of hydrogen-bond acceptors (Lipinski definition) is 8. The summed E-state index contributed by atoms with van der Waals surface area (Å²) in [7, 11) is -3.75. The van der Waals surface area contributed by atoms with Gasteiger partial charge in [0.1, 0.15) is 21.8 Å². The maximum absolute atomic E-state index is 12.9. The summed E-state index contributed by atoms with van der Waals surface area (Å²) in [5.41, 5.74) is 0.882. The molecule has 2 atom stereocenters. The Kier molecular flexibility index (Phi) is 4.12. The lowest BCUT2D eigenvalue weighted by Crippen LogP contribution is -2.51. The van der Waals surface area contributed by atoms with Gasteiger partial charge in [0.25, 0.3) is 0 Å². The molecule has 1 aromatic heterocycles. The zero-order valence-electron chi connectivity index (χ0n) is 13.5. The third-order valence-corrected chi connectivity index (χ3v) is 7.23. The van der Waals surface area contributed by atoms with Crippen molar-refractivity contribution in [3.05, 3.63) is 28.3 Å². The predicted octanol–water partition coefficient (Wildman–Crippen LogP) is 0.189. The fourth-order valence-corrected chi connectivity index (χ4v) is 5.37. The molecule has 26 heavy (non-hydrogen) atoms. The van der Waals surface area contributed by atoms with E-state index >= 15 is 0 Å². The van der Waals surface area contributed by atoms with E-state index in [0.717, 1.165) is 11.7 Å². The maximum atomic E-state index is 12.9. The molecular formula is C14H15N5O5S2.